The van der Waals surface area contributed by atoms with Gasteiger partial charge in [0, 0.05) is 11.5 Å². The molecule has 4 aromatic rings. The maximum absolute atomic E-state index is 13.3. The zero-order valence-electron chi connectivity index (χ0n) is 18.8. The number of carbonyl (C=O) groups excluding carboxylic acids is 1. The molecule has 0 unspecified atom stereocenters. The Morgan fingerprint density at radius 3 is 2.35 bits per heavy atom. The van der Waals surface area contributed by atoms with E-state index in [0.717, 1.165) is 28.6 Å². The molecule has 5 rings (SSSR count). The number of nitro benzene ring substituents is 2. The van der Waals surface area contributed by atoms with Gasteiger partial charge in [-0.3, -0.25) is 29.9 Å². The number of thiocarbonyl (C=S) groups is 1. The summed E-state index contributed by atoms with van der Waals surface area (Å²) in [5.74, 6) is -0.0649. The van der Waals surface area contributed by atoms with Crippen molar-refractivity contribution in [2.75, 3.05) is 4.90 Å². The van der Waals surface area contributed by atoms with E-state index in [1.54, 1.807) is 30.3 Å². The number of hydrogen-bond acceptors (Lipinski definition) is 8. The molecule has 0 N–H and O–H groups in total. The molecule has 1 fully saturated rings. The minimum atomic E-state index is -0.741. The number of fused-ring (bicyclic) bond motifs is 1. The van der Waals surface area contributed by atoms with E-state index in [-0.39, 0.29) is 17.4 Å². The Morgan fingerprint density at radius 1 is 0.892 bits per heavy atom. The summed E-state index contributed by atoms with van der Waals surface area (Å²) in [6, 6.07) is 23.2. The highest BCUT2D eigenvalue weighted by atomic mass is 32.2. The van der Waals surface area contributed by atoms with E-state index < -0.39 is 21.2 Å². The Labute approximate surface area is 219 Å². The Morgan fingerprint density at radius 2 is 1.62 bits per heavy atom. The van der Waals surface area contributed by atoms with Crippen molar-refractivity contribution >= 4 is 68.1 Å². The quantitative estimate of drug-likeness (QED) is 0.115. The van der Waals surface area contributed by atoms with Gasteiger partial charge < -0.3 is 4.74 Å². The van der Waals surface area contributed by atoms with Gasteiger partial charge in [-0.2, -0.15) is 0 Å². The molecule has 0 spiro atoms. The smallest absolute Gasteiger partial charge is 0.318 e. The van der Waals surface area contributed by atoms with Crippen LogP contribution in [0.3, 0.4) is 0 Å². The molecule has 0 atom stereocenters. The first kappa shape index (κ1) is 24.1. The Bertz CT molecular complexity index is 1630. The van der Waals surface area contributed by atoms with Crippen LogP contribution in [-0.2, 0) is 4.79 Å². The zero-order valence-corrected chi connectivity index (χ0v) is 20.4. The SMILES string of the molecule is O=C1/C(=C/c2ccc(Oc3ccc([N+](=O)[O-])cc3[N+](=O)[O-])cc2)SC(=S)N1c1cccc2ccccc12. The Kier molecular flexibility index (Phi) is 6.38. The van der Waals surface area contributed by atoms with E-state index in [1.165, 1.54) is 22.7 Å². The minimum absolute atomic E-state index is 0.126. The number of benzene rings is 4. The molecular formula is C26H15N3O6S2. The topological polar surface area (TPSA) is 116 Å². The van der Waals surface area contributed by atoms with E-state index in [4.69, 9.17) is 17.0 Å². The molecule has 11 heteroatoms. The fraction of sp³-hybridized carbons (Fsp3) is 0. The third-order valence-corrected chi connectivity index (χ3v) is 6.86. The van der Waals surface area contributed by atoms with Gasteiger partial charge in [-0.1, -0.05) is 72.5 Å². The summed E-state index contributed by atoms with van der Waals surface area (Å²) in [6.45, 7) is 0. The second kappa shape index (κ2) is 9.80. The maximum atomic E-state index is 13.3. The number of carbonyl (C=O) groups is 1. The number of amides is 1. The van der Waals surface area contributed by atoms with Gasteiger partial charge in [0.05, 0.1) is 26.5 Å². The van der Waals surface area contributed by atoms with Crippen LogP contribution in [0.15, 0.2) is 89.8 Å². The lowest BCUT2D eigenvalue weighted by molar-refractivity contribution is -0.394. The van der Waals surface area contributed by atoms with Crippen LogP contribution in [0.2, 0.25) is 0 Å². The van der Waals surface area contributed by atoms with Crippen LogP contribution in [0, 0.1) is 20.2 Å². The largest absolute Gasteiger partial charge is 0.450 e. The number of rotatable bonds is 6. The predicted molar refractivity (Wildman–Crippen MR) is 146 cm³/mol. The summed E-state index contributed by atoms with van der Waals surface area (Å²) in [4.78, 5) is 36.1. The van der Waals surface area contributed by atoms with Crippen molar-refractivity contribution in [3.05, 3.63) is 116 Å². The van der Waals surface area contributed by atoms with Crippen LogP contribution in [0.25, 0.3) is 16.8 Å². The van der Waals surface area contributed by atoms with Gasteiger partial charge in [-0.05, 0) is 41.3 Å². The van der Waals surface area contributed by atoms with Gasteiger partial charge in [0.2, 0.25) is 5.75 Å². The summed E-state index contributed by atoms with van der Waals surface area (Å²) in [7, 11) is 0. The average Bonchev–Trinajstić information content (AvgIpc) is 3.17. The van der Waals surface area contributed by atoms with Crippen molar-refractivity contribution in [1.82, 2.24) is 0 Å². The molecular weight excluding hydrogens is 514 g/mol. The van der Waals surface area contributed by atoms with E-state index in [9.17, 15) is 25.0 Å². The van der Waals surface area contributed by atoms with Gasteiger partial charge in [0.1, 0.15) is 5.75 Å². The standard InChI is InChI=1S/C26H15N3O6S2/c30-25-24(37-26(36)27(25)21-7-3-5-17-4-1-2-6-20(17)21)14-16-8-11-19(12-9-16)35-23-13-10-18(28(31)32)15-22(23)29(33)34/h1-15H/b24-14-. The van der Waals surface area contributed by atoms with Gasteiger partial charge in [0.15, 0.2) is 4.32 Å². The second-order valence-electron chi connectivity index (χ2n) is 7.85. The lowest BCUT2D eigenvalue weighted by atomic mass is 10.1. The number of nitrogens with zero attached hydrogens (tertiary/aromatic N) is 3. The van der Waals surface area contributed by atoms with Crippen LogP contribution in [0.1, 0.15) is 5.56 Å². The molecule has 4 aromatic carbocycles. The molecule has 0 aromatic heterocycles. The molecule has 1 amide bonds. The molecule has 37 heavy (non-hydrogen) atoms. The molecule has 182 valence electrons. The minimum Gasteiger partial charge on any atom is -0.450 e. The number of ether oxygens (including phenoxy) is 1. The number of hydrogen-bond donors (Lipinski definition) is 0. The highest BCUT2D eigenvalue weighted by Gasteiger charge is 2.34. The van der Waals surface area contributed by atoms with Crippen molar-refractivity contribution < 1.29 is 19.4 Å². The van der Waals surface area contributed by atoms with Crippen LogP contribution in [-0.4, -0.2) is 20.1 Å². The molecule has 0 bridgehead atoms. The van der Waals surface area contributed by atoms with Crippen molar-refractivity contribution in [3.63, 3.8) is 0 Å². The second-order valence-corrected chi connectivity index (χ2v) is 9.53. The predicted octanol–water partition coefficient (Wildman–Crippen LogP) is 6.85. The van der Waals surface area contributed by atoms with Crippen LogP contribution in [0.5, 0.6) is 11.5 Å². The molecule has 0 aliphatic carbocycles. The number of non-ortho nitro benzene ring substituents is 1. The third-order valence-electron chi connectivity index (χ3n) is 5.56. The van der Waals surface area contributed by atoms with Crippen LogP contribution in [0.4, 0.5) is 17.1 Å². The number of thioether (sulfide) groups is 1. The van der Waals surface area contributed by atoms with Crippen molar-refractivity contribution in [1.29, 1.82) is 0 Å². The maximum Gasteiger partial charge on any atom is 0.318 e. The molecule has 1 saturated heterocycles. The van der Waals surface area contributed by atoms with Crippen LogP contribution >= 0.6 is 24.0 Å². The Balaban J connectivity index is 1.38. The highest BCUT2D eigenvalue weighted by Crippen LogP contribution is 2.39. The van der Waals surface area contributed by atoms with E-state index >= 15 is 0 Å². The van der Waals surface area contributed by atoms with Crippen molar-refractivity contribution in [2.45, 2.75) is 0 Å². The Hall–Kier alpha value is -4.61. The number of nitro groups is 2. The normalized spacial score (nSPS) is 14.4. The monoisotopic (exact) mass is 529 g/mol. The molecule has 9 nitrogen and oxygen atoms in total. The molecule has 1 aliphatic rings. The summed E-state index contributed by atoms with van der Waals surface area (Å²) in [6.07, 6.45) is 1.71. The lowest BCUT2D eigenvalue weighted by Crippen LogP contribution is -2.27. The van der Waals surface area contributed by atoms with Gasteiger partial charge in [-0.25, -0.2) is 0 Å². The molecule has 0 saturated carbocycles. The first-order chi connectivity index (χ1) is 17.8. The zero-order chi connectivity index (χ0) is 26.1. The van der Waals surface area contributed by atoms with Crippen LogP contribution < -0.4 is 9.64 Å². The first-order valence-corrected chi connectivity index (χ1v) is 12.0. The summed E-state index contributed by atoms with van der Waals surface area (Å²) >= 11 is 6.72. The van der Waals surface area contributed by atoms with Gasteiger partial charge in [0.25, 0.3) is 11.6 Å². The van der Waals surface area contributed by atoms with E-state index in [2.05, 4.69) is 0 Å². The summed E-state index contributed by atoms with van der Waals surface area (Å²) in [5.41, 5.74) is 0.493. The summed E-state index contributed by atoms with van der Waals surface area (Å²) in [5, 5.41) is 24.2. The molecule has 0 radical (unpaired) electrons. The van der Waals surface area contributed by atoms with Gasteiger partial charge >= 0.3 is 5.69 Å². The van der Waals surface area contributed by atoms with Gasteiger partial charge in [-0.15, -0.1) is 0 Å². The fourth-order valence-electron chi connectivity index (χ4n) is 3.84. The highest BCUT2D eigenvalue weighted by molar-refractivity contribution is 8.27. The molecule has 1 aliphatic heterocycles. The first-order valence-electron chi connectivity index (χ1n) is 10.8. The number of anilines is 1. The molecule has 1 heterocycles. The lowest BCUT2D eigenvalue weighted by Gasteiger charge is -2.17. The fourth-order valence-corrected chi connectivity index (χ4v) is 5.12. The van der Waals surface area contributed by atoms with E-state index in [1.807, 2.05) is 42.5 Å². The third kappa shape index (κ3) is 4.77. The summed E-state index contributed by atoms with van der Waals surface area (Å²) < 4.78 is 6.03. The van der Waals surface area contributed by atoms with Crippen molar-refractivity contribution in [2.24, 2.45) is 0 Å². The van der Waals surface area contributed by atoms with E-state index in [0.29, 0.717) is 14.8 Å². The average molecular weight is 530 g/mol. The van der Waals surface area contributed by atoms with Crippen molar-refractivity contribution in [3.8, 4) is 11.5 Å².